The van der Waals surface area contributed by atoms with Crippen LogP contribution in [0.2, 0.25) is 0 Å². The molecule has 1 saturated heterocycles. The number of carboxylic acids is 1. The zero-order chi connectivity index (χ0) is 17.6. The van der Waals surface area contributed by atoms with Crippen LogP contribution in [0, 0.1) is 0 Å². The van der Waals surface area contributed by atoms with Crippen LogP contribution in [0.15, 0.2) is 36.4 Å². The molecule has 3 aromatic rings. The molecule has 1 aliphatic heterocycles. The number of hydrogen-bond acceptors (Lipinski definition) is 5. The summed E-state index contributed by atoms with van der Waals surface area (Å²) in [5.74, 6) is -0.908. The SMILES string of the molecule is COc1cc(-c2nc3ccccc3n2C2COC2)cc(C(=O)O)c1O. The summed E-state index contributed by atoms with van der Waals surface area (Å²) in [5.41, 5.74) is 2.11. The molecule has 1 fully saturated rings. The topological polar surface area (TPSA) is 93.8 Å². The summed E-state index contributed by atoms with van der Waals surface area (Å²) in [6, 6.07) is 10.9. The largest absolute Gasteiger partial charge is 0.504 e. The third-order valence-corrected chi connectivity index (χ3v) is 4.36. The quantitative estimate of drug-likeness (QED) is 0.758. The number of methoxy groups -OCH3 is 1. The Kier molecular flexibility index (Phi) is 3.58. The van der Waals surface area contributed by atoms with Gasteiger partial charge in [0.2, 0.25) is 0 Å². The lowest BCUT2D eigenvalue weighted by Gasteiger charge is -2.29. The molecule has 1 aromatic heterocycles. The molecule has 0 atom stereocenters. The van der Waals surface area contributed by atoms with Crippen LogP contribution in [-0.4, -0.2) is 46.1 Å². The van der Waals surface area contributed by atoms with Gasteiger partial charge in [0.1, 0.15) is 11.4 Å². The molecule has 0 aliphatic carbocycles. The van der Waals surface area contributed by atoms with E-state index in [9.17, 15) is 15.0 Å². The fraction of sp³-hybridized carbons (Fsp3) is 0.222. The summed E-state index contributed by atoms with van der Waals surface area (Å²) >= 11 is 0. The van der Waals surface area contributed by atoms with Gasteiger partial charge in [0.15, 0.2) is 11.5 Å². The summed E-state index contributed by atoms with van der Waals surface area (Å²) < 4.78 is 12.5. The van der Waals surface area contributed by atoms with E-state index in [1.807, 2.05) is 24.3 Å². The van der Waals surface area contributed by atoms with Gasteiger partial charge < -0.3 is 24.3 Å². The number of aromatic carboxylic acids is 1. The number of aromatic hydroxyl groups is 1. The number of para-hydroxylation sites is 2. The molecule has 7 heteroatoms. The minimum atomic E-state index is -1.23. The molecule has 7 nitrogen and oxygen atoms in total. The Bertz CT molecular complexity index is 975. The Hall–Kier alpha value is -3.06. The first-order valence-corrected chi connectivity index (χ1v) is 7.79. The van der Waals surface area contributed by atoms with Gasteiger partial charge >= 0.3 is 5.97 Å². The Balaban J connectivity index is 1.98. The molecule has 0 unspecified atom stereocenters. The van der Waals surface area contributed by atoms with Crippen LogP contribution in [0.5, 0.6) is 11.5 Å². The molecule has 0 saturated carbocycles. The lowest BCUT2D eigenvalue weighted by atomic mass is 10.1. The number of carbonyl (C=O) groups is 1. The monoisotopic (exact) mass is 340 g/mol. The van der Waals surface area contributed by atoms with Crippen LogP contribution < -0.4 is 4.74 Å². The first-order chi connectivity index (χ1) is 12.1. The first-order valence-electron chi connectivity index (χ1n) is 7.79. The molecule has 128 valence electrons. The van der Waals surface area contributed by atoms with Crippen molar-refractivity contribution in [3.63, 3.8) is 0 Å². The first kappa shape index (κ1) is 15.5. The van der Waals surface area contributed by atoms with Crippen molar-refractivity contribution in [3.05, 3.63) is 42.0 Å². The average molecular weight is 340 g/mol. The van der Waals surface area contributed by atoms with E-state index in [-0.39, 0.29) is 17.4 Å². The van der Waals surface area contributed by atoms with Gasteiger partial charge in [0, 0.05) is 5.56 Å². The normalized spacial score (nSPS) is 14.4. The Morgan fingerprint density at radius 1 is 1.32 bits per heavy atom. The third-order valence-electron chi connectivity index (χ3n) is 4.36. The van der Waals surface area contributed by atoms with Crippen molar-refractivity contribution in [2.24, 2.45) is 0 Å². The molecule has 1 aliphatic rings. The molecule has 0 radical (unpaired) electrons. The molecule has 0 spiro atoms. The second kappa shape index (κ2) is 5.78. The average Bonchev–Trinajstić information content (AvgIpc) is 2.93. The van der Waals surface area contributed by atoms with Gasteiger partial charge in [0.25, 0.3) is 0 Å². The fourth-order valence-corrected chi connectivity index (χ4v) is 3.05. The number of benzene rings is 2. The lowest BCUT2D eigenvalue weighted by molar-refractivity contribution is -0.0209. The summed E-state index contributed by atoms with van der Waals surface area (Å²) in [4.78, 5) is 16.1. The van der Waals surface area contributed by atoms with Crippen LogP contribution in [0.4, 0.5) is 0 Å². The smallest absolute Gasteiger partial charge is 0.339 e. The summed E-state index contributed by atoms with van der Waals surface area (Å²) in [5, 5.41) is 19.4. The third kappa shape index (κ3) is 2.40. The molecule has 4 rings (SSSR count). The van der Waals surface area contributed by atoms with E-state index in [0.29, 0.717) is 24.6 Å². The predicted molar refractivity (Wildman–Crippen MR) is 90.2 cm³/mol. The summed E-state index contributed by atoms with van der Waals surface area (Å²) in [6.45, 7) is 1.16. The standard InChI is InChI=1S/C18H16N2O5/c1-24-15-7-10(6-12(16(15)21)18(22)23)17-19-13-4-2-3-5-14(13)20(17)11-8-25-9-11/h2-7,11,21H,8-9H2,1H3,(H,22,23). The minimum Gasteiger partial charge on any atom is -0.504 e. The highest BCUT2D eigenvalue weighted by Crippen LogP contribution is 2.38. The zero-order valence-corrected chi connectivity index (χ0v) is 13.5. The Labute approximate surface area is 143 Å². The highest BCUT2D eigenvalue weighted by molar-refractivity contribution is 5.94. The number of aromatic nitrogens is 2. The van der Waals surface area contributed by atoms with Crippen LogP contribution in [0.25, 0.3) is 22.4 Å². The van der Waals surface area contributed by atoms with Crippen molar-refractivity contribution in [2.75, 3.05) is 20.3 Å². The molecule has 0 bridgehead atoms. The lowest BCUT2D eigenvalue weighted by Crippen LogP contribution is -2.31. The van der Waals surface area contributed by atoms with Crippen molar-refractivity contribution in [1.29, 1.82) is 0 Å². The second-order valence-corrected chi connectivity index (χ2v) is 5.87. The number of fused-ring (bicyclic) bond motifs is 1. The van der Waals surface area contributed by atoms with E-state index >= 15 is 0 Å². The maximum absolute atomic E-state index is 11.5. The predicted octanol–water partition coefficient (Wildman–Crippen LogP) is 2.69. The van der Waals surface area contributed by atoms with Crippen molar-refractivity contribution in [1.82, 2.24) is 9.55 Å². The second-order valence-electron chi connectivity index (χ2n) is 5.87. The maximum Gasteiger partial charge on any atom is 0.339 e. The molecule has 2 aromatic carbocycles. The number of hydrogen-bond donors (Lipinski definition) is 2. The van der Waals surface area contributed by atoms with E-state index in [0.717, 1.165) is 11.0 Å². The highest BCUT2D eigenvalue weighted by atomic mass is 16.5. The van der Waals surface area contributed by atoms with Gasteiger partial charge in [-0.25, -0.2) is 9.78 Å². The molecule has 0 amide bonds. The molecule has 25 heavy (non-hydrogen) atoms. The van der Waals surface area contributed by atoms with Gasteiger partial charge in [-0.15, -0.1) is 0 Å². The number of ether oxygens (including phenoxy) is 2. The van der Waals surface area contributed by atoms with Gasteiger partial charge in [-0.2, -0.15) is 0 Å². The fourth-order valence-electron chi connectivity index (χ4n) is 3.05. The number of rotatable bonds is 4. The van der Waals surface area contributed by atoms with E-state index in [4.69, 9.17) is 9.47 Å². The number of nitrogens with zero attached hydrogens (tertiary/aromatic N) is 2. The number of carboxylic acid groups (broad SMARTS) is 1. The van der Waals surface area contributed by atoms with Gasteiger partial charge in [-0.1, -0.05) is 12.1 Å². The van der Waals surface area contributed by atoms with Gasteiger partial charge in [-0.05, 0) is 24.3 Å². The maximum atomic E-state index is 11.5. The van der Waals surface area contributed by atoms with Crippen LogP contribution in [0.1, 0.15) is 16.4 Å². The molecule has 2 N–H and O–H groups in total. The Morgan fingerprint density at radius 3 is 2.72 bits per heavy atom. The minimum absolute atomic E-state index is 0.0957. The van der Waals surface area contributed by atoms with E-state index < -0.39 is 11.7 Å². The van der Waals surface area contributed by atoms with Crippen LogP contribution >= 0.6 is 0 Å². The molecular weight excluding hydrogens is 324 g/mol. The van der Waals surface area contributed by atoms with E-state index in [1.165, 1.54) is 13.2 Å². The van der Waals surface area contributed by atoms with E-state index in [1.54, 1.807) is 6.07 Å². The van der Waals surface area contributed by atoms with Crippen molar-refractivity contribution in [2.45, 2.75) is 6.04 Å². The van der Waals surface area contributed by atoms with Crippen molar-refractivity contribution >= 4 is 17.0 Å². The van der Waals surface area contributed by atoms with Gasteiger partial charge in [0.05, 0.1) is 37.4 Å². The number of phenols is 1. The zero-order valence-electron chi connectivity index (χ0n) is 13.5. The molecular formula is C18H16N2O5. The van der Waals surface area contributed by atoms with Crippen molar-refractivity contribution in [3.8, 4) is 22.9 Å². The van der Waals surface area contributed by atoms with Crippen molar-refractivity contribution < 1.29 is 24.5 Å². The van der Waals surface area contributed by atoms with Crippen LogP contribution in [-0.2, 0) is 4.74 Å². The Morgan fingerprint density at radius 2 is 2.08 bits per heavy atom. The summed E-state index contributed by atoms with van der Waals surface area (Å²) in [6.07, 6.45) is 0. The van der Waals surface area contributed by atoms with Crippen LogP contribution in [0.3, 0.4) is 0 Å². The number of imidazole rings is 1. The summed E-state index contributed by atoms with van der Waals surface area (Å²) in [7, 11) is 1.38. The highest BCUT2D eigenvalue weighted by Gasteiger charge is 2.27. The van der Waals surface area contributed by atoms with Gasteiger partial charge in [-0.3, -0.25) is 0 Å². The molecule has 2 heterocycles. The van der Waals surface area contributed by atoms with E-state index in [2.05, 4.69) is 9.55 Å².